The van der Waals surface area contributed by atoms with Crippen molar-refractivity contribution in [3.63, 3.8) is 0 Å². The summed E-state index contributed by atoms with van der Waals surface area (Å²) < 4.78 is 10.9. The topological polar surface area (TPSA) is 81.8 Å². The molecule has 1 atom stereocenters. The number of nitrogens with two attached hydrogens (primary N) is 1. The first kappa shape index (κ1) is 14.3. The van der Waals surface area contributed by atoms with Gasteiger partial charge in [0.2, 0.25) is 0 Å². The summed E-state index contributed by atoms with van der Waals surface area (Å²) in [6.45, 7) is 3.78. The fraction of sp³-hybridized carbons (Fsp3) is 0.462. The van der Waals surface area contributed by atoms with Crippen molar-refractivity contribution in [2.45, 2.75) is 32.4 Å². The largest absolute Gasteiger partial charge is 0.493 e. The highest BCUT2D eigenvalue weighted by atomic mass is 16.5. The Bertz CT molecular complexity index is 417. The second-order valence-electron chi connectivity index (χ2n) is 4.25. The standard InChI is InChI=1S/C13H19NO4/c1-8(2)18-13-9(10(14)7-12(15)16)5-4-6-11(13)17-3/h4-6,8,10H,7,14H2,1-3H3,(H,15,16). The van der Waals surface area contributed by atoms with Crippen LogP contribution in [0.5, 0.6) is 11.5 Å². The highest BCUT2D eigenvalue weighted by Gasteiger charge is 2.19. The average Bonchev–Trinajstić information content (AvgIpc) is 2.27. The first-order chi connectivity index (χ1) is 8.45. The van der Waals surface area contributed by atoms with Crippen LogP contribution in [0.3, 0.4) is 0 Å². The predicted molar refractivity (Wildman–Crippen MR) is 67.9 cm³/mol. The van der Waals surface area contributed by atoms with E-state index in [1.54, 1.807) is 18.2 Å². The quantitative estimate of drug-likeness (QED) is 0.809. The fourth-order valence-corrected chi connectivity index (χ4v) is 1.65. The summed E-state index contributed by atoms with van der Waals surface area (Å²) >= 11 is 0. The molecule has 0 heterocycles. The third-order valence-electron chi connectivity index (χ3n) is 2.38. The second kappa shape index (κ2) is 6.26. The van der Waals surface area contributed by atoms with Crippen LogP contribution in [-0.2, 0) is 4.79 Å². The molecule has 1 unspecified atom stereocenters. The second-order valence-corrected chi connectivity index (χ2v) is 4.25. The van der Waals surface area contributed by atoms with Crippen LogP contribution in [0.2, 0.25) is 0 Å². The molecule has 0 bridgehead atoms. The summed E-state index contributed by atoms with van der Waals surface area (Å²) in [6, 6.07) is 4.66. The van der Waals surface area contributed by atoms with E-state index in [4.69, 9.17) is 20.3 Å². The lowest BCUT2D eigenvalue weighted by atomic mass is 10.0. The molecule has 5 nitrogen and oxygen atoms in total. The van der Waals surface area contributed by atoms with Crippen LogP contribution < -0.4 is 15.2 Å². The lowest BCUT2D eigenvalue weighted by molar-refractivity contribution is -0.137. The molecule has 3 N–H and O–H groups in total. The van der Waals surface area contributed by atoms with Crippen molar-refractivity contribution in [3.8, 4) is 11.5 Å². The molecule has 1 aromatic rings. The third kappa shape index (κ3) is 3.63. The zero-order valence-electron chi connectivity index (χ0n) is 10.8. The van der Waals surface area contributed by atoms with E-state index in [2.05, 4.69) is 0 Å². The number of methoxy groups -OCH3 is 1. The zero-order valence-corrected chi connectivity index (χ0v) is 10.8. The van der Waals surface area contributed by atoms with Gasteiger partial charge in [0.25, 0.3) is 0 Å². The maximum Gasteiger partial charge on any atom is 0.305 e. The lowest BCUT2D eigenvalue weighted by Gasteiger charge is -2.20. The maximum atomic E-state index is 10.7. The highest BCUT2D eigenvalue weighted by Crippen LogP contribution is 2.35. The van der Waals surface area contributed by atoms with E-state index in [0.29, 0.717) is 17.1 Å². The summed E-state index contributed by atoms with van der Waals surface area (Å²) in [5.41, 5.74) is 6.52. The van der Waals surface area contributed by atoms with Gasteiger partial charge in [-0.05, 0) is 19.9 Å². The molecule has 5 heteroatoms. The molecule has 0 aliphatic rings. The van der Waals surface area contributed by atoms with E-state index in [-0.39, 0.29) is 12.5 Å². The summed E-state index contributed by atoms with van der Waals surface area (Å²) in [6.07, 6.45) is -0.196. The van der Waals surface area contributed by atoms with Gasteiger partial charge in [-0.1, -0.05) is 12.1 Å². The minimum atomic E-state index is -0.944. The normalized spacial score (nSPS) is 12.3. The van der Waals surface area contributed by atoms with E-state index >= 15 is 0 Å². The molecule has 0 amide bonds. The van der Waals surface area contributed by atoms with Crippen molar-refractivity contribution in [2.75, 3.05) is 7.11 Å². The Labute approximate surface area is 107 Å². The molecular weight excluding hydrogens is 234 g/mol. The molecule has 0 spiro atoms. The van der Waals surface area contributed by atoms with Gasteiger partial charge < -0.3 is 20.3 Å². The van der Waals surface area contributed by atoms with Crippen LogP contribution in [-0.4, -0.2) is 24.3 Å². The minimum absolute atomic E-state index is 0.0444. The molecule has 0 fully saturated rings. The molecule has 0 saturated heterocycles. The van der Waals surface area contributed by atoms with Crippen molar-refractivity contribution in [2.24, 2.45) is 5.73 Å². The molecule has 0 aliphatic carbocycles. The Kier molecular flexibility index (Phi) is 4.97. The van der Waals surface area contributed by atoms with Crippen molar-refractivity contribution in [1.29, 1.82) is 0 Å². The van der Waals surface area contributed by atoms with Gasteiger partial charge in [-0.15, -0.1) is 0 Å². The summed E-state index contributed by atoms with van der Waals surface area (Å²) in [5, 5.41) is 8.79. The number of para-hydroxylation sites is 1. The first-order valence-electron chi connectivity index (χ1n) is 5.76. The van der Waals surface area contributed by atoms with Gasteiger partial charge in [0.15, 0.2) is 11.5 Å². The predicted octanol–water partition coefficient (Wildman–Crippen LogP) is 1.96. The smallest absolute Gasteiger partial charge is 0.305 e. The summed E-state index contributed by atoms with van der Waals surface area (Å²) in [4.78, 5) is 10.7. The van der Waals surface area contributed by atoms with Gasteiger partial charge in [0.1, 0.15) is 0 Å². The van der Waals surface area contributed by atoms with E-state index in [1.165, 1.54) is 7.11 Å². The molecular formula is C13H19NO4. The van der Waals surface area contributed by atoms with Gasteiger partial charge in [0.05, 0.1) is 19.6 Å². The molecule has 0 aliphatic heterocycles. The van der Waals surface area contributed by atoms with Gasteiger partial charge in [-0.25, -0.2) is 0 Å². The molecule has 1 rings (SSSR count). The molecule has 0 aromatic heterocycles. The lowest BCUT2D eigenvalue weighted by Crippen LogP contribution is -2.18. The van der Waals surface area contributed by atoms with Crippen molar-refractivity contribution < 1.29 is 19.4 Å². The summed E-state index contributed by atoms with van der Waals surface area (Å²) in [7, 11) is 1.54. The Morgan fingerprint density at radius 2 is 2.11 bits per heavy atom. The zero-order chi connectivity index (χ0) is 13.7. The number of ether oxygens (including phenoxy) is 2. The number of carboxylic acid groups (broad SMARTS) is 1. The number of hydrogen-bond donors (Lipinski definition) is 2. The number of benzene rings is 1. The molecule has 1 aromatic carbocycles. The van der Waals surface area contributed by atoms with E-state index in [9.17, 15) is 4.79 Å². The van der Waals surface area contributed by atoms with Crippen LogP contribution in [0, 0.1) is 0 Å². The fourth-order valence-electron chi connectivity index (χ4n) is 1.65. The average molecular weight is 253 g/mol. The third-order valence-corrected chi connectivity index (χ3v) is 2.38. The maximum absolute atomic E-state index is 10.7. The van der Waals surface area contributed by atoms with Gasteiger partial charge in [-0.3, -0.25) is 4.79 Å². The molecule has 100 valence electrons. The molecule has 18 heavy (non-hydrogen) atoms. The number of carbonyl (C=O) groups is 1. The summed E-state index contributed by atoms with van der Waals surface area (Å²) in [5.74, 6) is 0.131. The Hall–Kier alpha value is -1.75. The van der Waals surface area contributed by atoms with E-state index in [0.717, 1.165) is 0 Å². The van der Waals surface area contributed by atoms with Crippen molar-refractivity contribution in [3.05, 3.63) is 23.8 Å². The van der Waals surface area contributed by atoms with Crippen LogP contribution in [0.4, 0.5) is 0 Å². The Morgan fingerprint density at radius 3 is 2.61 bits per heavy atom. The molecule has 0 saturated carbocycles. The monoisotopic (exact) mass is 253 g/mol. The number of hydrogen-bond acceptors (Lipinski definition) is 4. The Balaban J connectivity index is 3.12. The Morgan fingerprint density at radius 1 is 1.44 bits per heavy atom. The highest BCUT2D eigenvalue weighted by molar-refractivity contribution is 5.68. The number of rotatable bonds is 6. The van der Waals surface area contributed by atoms with Gasteiger partial charge in [-0.2, -0.15) is 0 Å². The van der Waals surface area contributed by atoms with Gasteiger partial charge >= 0.3 is 5.97 Å². The minimum Gasteiger partial charge on any atom is -0.493 e. The number of aliphatic carboxylic acids is 1. The van der Waals surface area contributed by atoms with E-state index < -0.39 is 12.0 Å². The van der Waals surface area contributed by atoms with E-state index in [1.807, 2.05) is 13.8 Å². The van der Waals surface area contributed by atoms with Crippen LogP contribution in [0.25, 0.3) is 0 Å². The van der Waals surface area contributed by atoms with Crippen molar-refractivity contribution in [1.82, 2.24) is 0 Å². The van der Waals surface area contributed by atoms with Crippen molar-refractivity contribution >= 4 is 5.97 Å². The first-order valence-corrected chi connectivity index (χ1v) is 5.76. The number of carboxylic acids is 1. The molecule has 0 radical (unpaired) electrons. The van der Waals surface area contributed by atoms with Gasteiger partial charge in [0, 0.05) is 11.6 Å². The van der Waals surface area contributed by atoms with Crippen LogP contribution in [0.1, 0.15) is 31.9 Å². The van der Waals surface area contributed by atoms with Crippen LogP contribution in [0.15, 0.2) is 18.2 Å². The van der Waals surface area contributed by atoms with Crippen LogP contribution >= 0.6 is 0 Å². The SMILES string of the molecule is COc1cccc(C(N)CC(=O)O)c1OC(C)C.